The lowest BCUT2D eigenvalue weighted by Crippen LogP contribution is -3.00. The highest BCUT2D eigenvalue weighted by Gasteiger charge is 2.31. The molecule has 2 heterocycles. The number of H-pyrrole nitrogens is 1. The summed E-state index contributed by atoms with van der Waals surface area (Å²) in [5.41, 5.74) is 8.21. The van der Waals surface area contributed by atoms with Crippen LogP contribution in [0, 0.1) is 13.8 Å². The summed E-state index contributed by atoms with van der Waals surface area (Å²) >= 11 is 0. The molecule has 0 saturated carbocycles. The molecule has 0 amide bonds. The summed E-state index contributed by atoms with van der Waals surface area (Å²) in [6.45, 7) is 4.07. The molecule has 1 aliphatic heterocycles. The normalized spacial score (nSPS) is 14.4. The predicted molar refractivity (Wildman–Crippen MR) is 118 cm³/mol. The topological polar surface area (TPSA) is 29.8 Å². The zero-order valence-electron chi connectivity index (χ0n) is 17.4. The molecule has 1 aliphatic rings. The first-order valence-corrected chi connectivity index (χ1v) is 10.0. The lowest BCUT2D eigenvalue weighted by molar-refractivity contribution is -0.343. The molecule has 0 fully saturated rings. The van der Waals surface area contributed by atoms with Crippen molar-refractivity contribution in [2.45, 2.75) is 20.0 Å². The van der Waals surface area contributed by atoms with E-state index in [-0.39, 0.29) is 12.4 Å². The summed E-state index contributed by atoms with van der Waals surface area (Å²) in [4.78, 5) is 6.71. The Morgan fingerprint density at radius 1 is 0.875 bits per heavy atom. The number of para-hydroxylation sites is 2. The molecule has 32 heavy (non-hydrogen) atoms. The number of hydrogen-bond acceptors (Lipinski definition) is 0. The Morgan fingerprint density at radius 3 is 2.28 bits per heavy atom. The summed E-state index contributed by atoms with van der Waals surface area (Å²) in [6.07, 6.45) is -0.479. The van der Waals surface area contributed by atoms with Gasteiger partial charge in [-0.15, -0.1) is 0 Å². The molecule has 0 spiro atoms. The molecule has 3 aromatic carbocycles. The maximum absolute atomic E-state index is 13.2. The van der Waals surface area contributed by atoms with E-state index in [0.717, 1.165) is 67.7 Å². The van der Waals surface area contributed by atoms with E-state index >= 15 is 0 Å². The average Bonchev–Trinajstić information content (AvgIpc) is 3.35. The molecule has 2 nitrogen and oxygen atoms in total. The monoisotopic (exact) mass is 452 g/mol. The third kappa shape index (κ3) is 3.53. The van der Waals surface area contributed by atoms with Gasteiger partial charge in [0.1, 0.15) is 0 Å². The van der Waals surface area contributed by atoms with Gasteiger partial charge in [0.25, 0.3) is 0 Å². The van der Waals surface area contributed by atoms with Crippen molar-refractivity contribution in [2.75, 3.05) is 0 Å². The zero-order valence-corrected chi connectivity index (χ0v) is 18.2. The van der Waals surface area contributed by atoms with Crippen LogP contribution in [-0.4, -0.2) is 11.2 Å². The van der Waals surface area contributed by atoms with Crippen molar-refractivity contribution in [3.05, 3.63) is 100 Å². The van der Waals surface area contributed by atoms with Gasteiger partial charge in [0.05, 0.1) is 16.7 Å². The second kappa shape index (κ2) is 7.99. The van der Waals surface area contributed by atoms with E-state index in [2.05, 4.69) is 9.98 Å². The first kappa shape index (κ1) is 21.9. The number of nitrogens with one attached hydrogen (secondary N) is 2. The van der Waals surface area contributed by atoms with Gasteiger partial charge in [-0.1, -0.05) is 42.5 Å². The third-order valence-electron chi connectivity index (χ3n) is 5.89. The van der Waals surface area contributed by atoms with Crippen LogP contribution in [0.2, 0.25) is 0 Å². The minimum atomic E-state index is -4.37. The maximum atomic E-state index is 13.2. The van der Waals surface area contributed by atoms with Gasteiger partial charge < -0.3 is 17.4 Å². The van der Waals surface area contributed by atoms with E-state index in [1.54, 1.807) is 12.1 Å². The van der Waals surface area contributed by atoms with Gasteiger partial charge >= 0.3 is 6.18 Å². The van der Waals surface area contributed by atoms with Crippen LogP contribution in [0.1, 0.15) is 33.4 Å². The molecular weight excluding hydrogens is 433 g/mol. The summed E-state index contributed by atoms with van der Waals surface area (Å²) in [5, 5.41) is 1.04. The van der Waals surface area contributed by atoms with Gasteiger partial charge in [0.15, 0.2) is 6.21 Å². The Kier molecular flexibility index (Phi) is 5.47. The first-order valence-electron chi connectivity index (χ1n) is 10.0. The summed E-state index contributed by atoms with van der Waals surface area (Å²) < 4.78 is 39.5. The van der Waals surface area contributed by atoms with Crippen molar-refractivity contribution in [1.82, 2.24) is 4.98 Å². The maximum Gasteiger partial charge on any atom is 0.416 e. The standard InChI is InChI=1S/C26H19F3N2.ClH/c1-15-5-3-7-19-21(13-30-24(15)19)23(17-9-11-18(12-10-17)26(27,28)29)22-14-31-25-16(2)6-4-8-20(22)25;/h3-14,30H,1-2H3;1H. The molecule has 0 bridgehead atoms. The molecule has 0 aliphatic carbocycles. The van der Waals surface area contributed by atoms with Gasteiger partial charge in [0, 0.05) is 33.8 Å². The number of alkyl halides is 3. The number of benzene rings is 3. The van der Waals surface area contributed by atoms with Gasteiger partial charge in [-0.3, -0.25) is 0 Å². The summed E-state index contributed by atoms with van der Waals surface area (Å²) in [5.74, 6) is 0. The van der Waals surface area contributed by atoms with Gasteiger partial charge in [-0.2, -0.15) is 13.2 Å². The fourth-order valence-corrected chi connectivity index (χ4v) is 4.31. The molecule has 0 saturated heterocycles. The highest BCUT2D eigenvalue weighted by atomic mass is 35.5. The van der Waals surface area contributed by atoms with Crippen molar-refractivity contribution in [1.29, 1.82) is 0 Å². The van der Waals surface area contributed by atoms with Crippen LogP contribution in [0.25, 0.3) is 22.0 Å². The van der Waals surface area contributed by atoms with Crippen LogP contribution in [0.5, 0.6) is 0 Å². The van der Waals surface area contributed by atoms with E-state index in [1.165, 1.54) is 0 Å². The molecule has 162 valence electrons. The number of allylic oxidation sites excluding steroid dienone is 1. The fourth-order valence-electron chi connectivity index (χ4n) is 4.31. The largest absolute Gasteiger partial charge is 1.00 e. The molecule has 5 rings (SSSR count). The molecule has 6 heteroatoms. The Balaban J connectivity index is 0.00000245. The van der Waals surface area contributed by atoms with Gasteiger partial charge in [-0.25, -0.2) is 4.99 Å². The van der Waals surface area contributed by atoms with Crippen LogP contribution in [-0.2, 0) is 6.18 Å². The van der Waals surface area contributed by atoms with Crippen LogP contribution < -0.4 is 17.4 Å². The third-order valence-corrected chi connectivity index (χ3v) is 5.89. The Bertz CT molecular complexity index is 1380. The predicted octanol–water partition coefficient (Wildman–Crippen LogP) is 2.56. The van der Waals surface area contributed by atoms with E-state index in [9.17, 15) is 13.2 Å². The molecule has 0 atom stereocenters. The minimum Gasteiger partial charge on any atom is -1.00 e. The lowest BCUT2D eigenvalue weighted by Gasteiger charge is -2.13. The number of aryl methyl sites for hydroxylation is 2. The van der Waals surface area contributed by atoms with Crippen LogP contribution in [0.4, 0.5) is 18.9 Å². The van der Waals surface area contributed by atoms with E-state index in [1.807, 2.05) is 62.7 Å². The van der Waals surface area contributed by atoms with E-state index < -0.39 is 11.7 Å². The Morgan fingerprint density at radius 2 is 1.56 bits per heavy atom. The summed E-state index contributed by atoms with van der Waals surface area (Å²) in [6, 6.07) is 17.6. The molecule has 0 unspecified atom stereocenters. The van der Waals surface area contributed by atoms with Crippen molar-refractivity contribution >= 4 is 34.0 Å². The molecular formula is C26H20ClF3N2. The van der Waals surface area contributed by atoms with Crippen molar-refractivity contribution in [3.8, 4) is 0 Å². The quantitative estimate of drug-likeness (QED) is 0.468. The fraction of sp³-hybridized carbons (Fsp3) is 0.115. The Hall–Kier alpha value is -3.31. The molecule has 0 radical (unpaired) electrons. The second-order valence-electron chi connectivity index (χ2n) is 7.85. The lowest BCUT2D eigenvalue weighted by atomic mass is 9.89. The highest BCUT2D eigenvalue weighted by Crippen LogP contribution is 2.39. The van der Waals surface area contributed by atoms with E-state index in [4.69, 9.17) is 0 Å². The molecule has 4 aromatic rings. The number of hydrogen-bond donors (Lipinski definition) is 2. The smallest absolute Gasteiger partial charge is 0.416 e. The van der Waals surface area contributed by atoms with Crippen LogP contribution >= 0.6 is 0 Å². The SMILES string of the molecule is Cc1cccc2c1[NH+]=CC2=C(c1ccc(C(F)(F)F)cc1)c1c[nH]c2c(C)cccc12.[Cl-]. The van der Waals surface area contributed by atoms with Gasteiger partial charge in [0.2, 0.25) is 5.69 Å². The van der Waals surface area contributed by atoms with Crippen molar-refractivity contribution in [2.24, 2.45) is 0 Å². The minimum absolute atomic E-state index is 0. The number of halogens is 4. The molecule has 2 N–H and O–H groups in total. The van der Waals surface area contributed by atoms with E-state index in [0.29, 0.717) is 0 Å². The number of aromatic nitrogens is 1. The summed E-state index contributed by atoms with van der Waals surface area (Å²) in [7, 11) is 0. The molecule has 1 aromatic heterocycles. The highest BCUT2D eigenvalue weighted by molar-refractivity contribution is 6.25. The first-order chi connectivity index (χ1) is 14.8. The second-order valence-corrected chi connectivity index (χ2v) is 7.85. The average molecular weight is 453 g/mol. The Labute approximate surface area is 189 Å². The number of fused-ring (bicyclic) bond motifs is 2. The van der Waals surface area contributed by atoms with Crippen molar-refractivity contribution < 1.29 is 30.6 Å². The zero-order chi connectivity index (χ0) is 21.8. The van der Waals surface area contributed by atoms with Crippen LogP contribution in [0.3, 0.4) is 0 Å². The number of aromatic amines is 1. The number of rotatable bonds is 2. The van der Waals surface area contributed by atoms with Crippen molar-refractivity contribution in [3.63, 3.8) is 0 Å². The van der Waals surface area contributed by atoms with Gasteiger partial charge in [-0.05, 0) is 43.2 Å². The van der Waals surface area contributed by atoms with Crippen LogP contribution in [0.15, 0.2) is 66.9 Å².